The summed E-state index contributed by atoms with van der Waals surface area (Å²) in [5.41, 5.74) is 0. The molecule has 2 aromatic heterocycles. The van der Waals surface area contributed by atoms with Crippen molar-refractivity contribution in [3.63, 3.8) is 0 Å². The Morgan fingerprint density at radius 2 is 1.29 bits per heavy atom. The van der Waals surface area contributed by atoms with Crippen LogP contribution in [0.1, 0.15) is 0 Å². The maximum absolute atomic E-state index is 5.77. The fourth-order valence-corrected chi connectivity index (χ4v) is 1.47. The van der Waals surface area contributed by atoms with Gasteiger partial charge >= 0.3 is 0 Å². The fourth-order valence-electron chi connectivity index (χ4n) is 1.25. The maximum Gasteiger partial charge on any atom is 0.133 e. The van der Waals surface area contributed by atoms with E-state index in [2.05, 4.69) is 9.97 Å². The van der Waals surface area contributed by atoms with Crippen LogP contribution < -0.4 is 4.90 Å². The van der Waals surface area contributed by atoms with Gasteiger partial charge in [0.2, 0.25) is 0 Å². The third kappa shape index (κ3) is 3.46. The molecule has 0 fully saturated rings. The molecule has 0 unspecified atom stereocenters. The van der Waals surface area contributed by atoms with Crippen LogP contribution in [0.2, 0.25) is 10.0 Å². The topological polar surface area (TPSA) is 29.0 Å². The van der Waals surface area contributed by atoms with Crippen LogP contribution >= 0.6 is 35.6 Å². The molecular formula is C11H10Cl3N3. The molecule has 2 aromatic rings. The molecule has 3 nitrogen and oxygen atoms in total. The Labute approximate surface area is 116 Å². The molecule has 0 aliphatic carbocycles. The largest absolute Gasteiger partial charge is 0.314 e. The van der Waals surface area contributed by atoms with E-state index in [0.29, 0.717) is 10.0 Å². The first kappa shape index (κ1) is 14.0. The van der Waals surface area contributed by atoms with Gasteiger partial charge in [0.05, 0.1) is 10.0 Å². The Morgan fingerprint density at radius 1 is 0.882 bits per heavy atom. The van der Waals surface area contributed by atoms with E-state index in [1.165, 1.54) is 0 Å². The Bertz CT molecular complexity index is 425. The van der Waals surface area contributed by atoms with Gasteiger partial charge in [-0.3, -0.25) is 0 Å². The fraction of sp³-hybridized carbons (Fsp3) is 0.0909. The predicted octanol–water partition coefficient (Wildman–Crippen LogP) is 3.97. The molecule has 0 radical (unpaired) electrons. The molecule has 2 heterocycles. The van der Waals surface area contributed by atoms with E-state index in [9.17, 15) is 0 Å². The van der Waals surface area contributed by atoms with Crippen LogP contribution in [0.4, 0.5) is 11.6 Å². The molecule has 0 aromatic carbocycles. The lowest BCUT2D eigenvalue weighted by Crippen LogP contribution is -2.12. The highest BCUT2D eigenvalue weighted by molar-refractivity contribution is 6.30. The summed E-state index contributed by atoms with van der Waals surface area (Å²) >= 11 is 11.5. The highest BCUT2D eigenvalue weighted by atomic mass is 35.5. The Morgan fingerprint density at radius 3 is 1.59 bits per heavy atom. The summed E-state index contributed by atoms with van der Waals surface area (Å²) in [7, 11) is 1.88. The molecule has 0 N–H and O–H groups in total. The van der Waals surface area contributed by atoms with Crippen LogP contribution in [0.5, 0.6) is 0 Å². The van der Waals surface area contributed by atoms with Crippen molar-refractivity contribution in [3.8, 4) is 0 Å². The van der Waals surface area contributed by atoms with Gasteiger partial charge in [0, 0.05) is 19.4 Å². The zero-order chi connectivity index (χ0) is 11.5. The Balaban J connectivity index is 0.00000144. The predicted molar refractivity (Wildman–Crippen MR) is 73.8 cm³/mol. The molecule has 0 saturated heterocycles. The summed E-state index contributed by atoms with van der Waals surface area (Å²) in [6, 6.07) is 7.24. The van der Waals surface area contributed by atoms with Gasteiger partial charge in [-0.1, -0.05) is 23.2 Å². The molecule has 0 aliphatic rings. The van der Waals surface area contributed by atoms with Crippen molar-refractivity contribution < 1.29 is 0 Å². The zero-order valence-corrected chi connectivity index (χ0v) is 11.3. The third-order valence-electron chi connectivity index (χ3n) is 2.11. The van der Waals surface area contributed by atoms with E-state index in [4.69, 9.17) is 23.2 Å². The molecule has 2 rings (SSSR count). The number of rotatable bonds is 2. The average Bonchev–Trinajstić information content (AvgIpc) is 2.30. The summed E-state index contributed by atoms with van der Waals surface area (Å²) in [4.78, 5) is 10.2. The number of halogens is 3. The summed E-state index contributed by atoms with van der Waals surface area (Å²) < 4.78 is 0. The first-order valence-corrected chi connectivity index (χ1v) is 5.39. The molecule has 90 valence electrons. The van der Waals surface area contributed by atoms with Crippen molar-refractivity contribution in [3.05, 3.63) is 46.7 Å². The second-order valence-electron chi connectivity index (χ2n) is 3.23. The summed E-state index contributed by atoms with van der Waals surface area (Å²) in [5, 5.41) is 1.22. The molecule has 0 aliphatic heterocycles. The van der Waals surface area contributed by atoms with E-state index >= 15 is 0 Å². The van der Waals surface area contributed by atoms with E-state index in [1.807, 2.05) is 24.1 Å². The summed E-state index contributed by atoms with van der Waals surface area (Å²) in [6.07, 6.45) is 3.20. The van der Waals surface area contributed by atoms with Crippen molar-refractivity contribution in [2.75, 3.05) is 11.9 Å². The normalized spacial score (nSPS) is 9.59. The highest BCUT2D eigenvalue weighted by Crippen LogP contribution is 2.21. The standard InChI is InChI=1S/C11H9Cl2N3.ClH/c1-16(10-4-2-8(12)6-14-10)11-5-3-9(13)7-15-11;/h2-7H,1H3;1H. The van der Waals surface area contributed by atoms with Gasteiger partial charge in [-0.2, -0.15) is 0 Å². The van der Waals surface area contributed by atoms with Crippen LogP contribution in [0.25, 0.3) is 0 Å². The first-order chi connectivity index (χ1) is 7.66. The van der Waals surface area contributed by atoms with Crippen molar-refractivity contribution >= 4 is 47.2 Å². The number of aromatic nitrogens is 2. The van der Waals surface area contributed by atoms with Crippen LogP contribution in [0, 0.1) is 0 Å². The third-order valence-corrected chi connectivity index (χ3v) is 2.56. The van der Waals surface area contributed by atoms with Gasteiger partial charge in [-0.05, 0) is 24.3 Å². The van der Waals surface area contributed by atoms with Crippen molar-refractivity contribution in [2.24, 2.45) is 0 Å². The van der Waals surface area contributed by atoms with E-state index in [-0.39, 0.29) is 12.4 Å². The van der Waals surface area contributed by atoms with E-state index < -0.39 is 0 Å². The minimum absolute atomic E-state index is 0. The number of hydrogen-bond donors (Lipinski definition) is 0. The number of nitrogens with zero attached hydrogens (tertiary/aromatic N) is 3. The minimum Gasteiger partial charge on any atom is -0.314 e. The smallest absolute Gasteiger partial charge is 0.133 e. The monoisotopic (exact) mass is 289 g/mol. The van der Waals surface area contributed by atoms with Gasteiger partial charge < -0.3 is 4.90 Å². The molecule has 6 heteroatoms. The van der Waals surface area contributed by atoms with E-state index in [1.54, 1.807) is 24.5 Å². The second-order valence-corrected chi connectivity index (χ2v) is 4.10. The quantitative estimate of drug-likeness (QED) is 0.838. The lowest BCUT2D eigenvalue weighted by atomic mass is 10.4. The molecule has 17 heavy (non-hydrogen) atoms. The SMILES string of the molecule is CN(c1ccc(Cl)cn1)c1ccc(Cl)cn1.Cl. The molecule has 0 spiro atoms. The van der Waals surface area contributed by atoms with Crippen molar-refractivity contribution in [2.45, 2.75) is 0 Å². The maximum atomic E-state index is 5.77. The van der Waals surface area contributed by atoms with Crippen LogP contribution in [0.3, 0.4) is 0 Å². The molecule has 0 amide bonds. The van der Waals surface area contributed by atoms with Crippen molar-refractivity contribution in [1.82, 2.24) is 9.97 Å². The van der Waals surface area contributed by atoms with Crippen molar-refractivity contribution in [1.29, 1.82) is 0 Å². The average molecular weight is 291 g/mol. The zero-order valence-electron chi connectivity index (χ0n) is 8.97. The van der Waals surface area contributed by atoms with E-state index in [0.717, 1.165) is 11.6 Å². The lowest BCUT2D eigenvalue weighted by molar-refractivity contribution is 1.08. The van der Waals surface area contributed by atoms with Gasteiger partial charge in [-0.15, -0.1) is 12.4 Å². The minimum atomic E-state index is 0. The Hall–Kier alpha value is -1.03. The summed E-state index contributed by atoms with van der Waals surface area (Å²) in [5.74, 6) is 1.55. The van der Waals surface area contributed by atoms with Crippen LogP contribution in [-0.4, -0.2) is 17.0 Å². The highest BCUT2D eigenvalue weighted by Gasteiger charge is 2.05. The van der Waals surface area contributed by atoms with Crippen LogP contribution in [-0.2, 0) is 0 Å². The number of pyridine rings is 2. The van der Waals surface area contributed by atoms with Gasteiger partial charge in [0.15, 0.2) is 0 Å². The van der Waals surface area contributed by atoms with Gasteiger partial charge in [0.1, 0.15) is 11.6 Å². The Kier molecular flexibility index (Phi) is 5.00. The first-order valence-electron chi connectivity index (χ1n) is 4.63. The summed E-state index contributed by atoms with van der Waals surface area (Å²) in [6.45, 7) is 0. The number of anilines is 2. The molecule has 0 atom stereocenters. The lowest BCUT2D eigenvalue weighted by Gasteiger charge is -2.16. The van der Waals surface area contributed by atoms with Crippen LogP contribution in [0.15, 0.2) is 36.7 Å². The van der Waals surface area contributed by atoms with Gasteiger partial charge in [-0.25, -0.2) is 9.97 Å². The molecular weight excluding hydrogens is 281 g/mol. The molecule has 0 bridgehead atoms. The number of hydrogen-bond acceptors (Lipinski definition) is 3. The molecule has 0 saturated carbocycles. The van der Waals surface area contributed by atoms with Gasteiger partial charge in [0.25, 0.3) is 0 Å². The second kappa shape index (κ2) is 6.05.